The number of methoxy groups -OCH3 is 1. The van der Waals surface area contributed by atoms with E-state index in [1.54, 1.807) is 79.4 Å². The van der Waals surface area contributed by atoms with Crippen LogP contribution in [0.1, 0.15) is 116 Å². The van der Waals surface area contributed by atoms with Crippen LogP contribution in [0.15, 0.2) is 79.4 Å². The molecule has 0 saturated carbocycles. The van der Waals surface area contributed by atoms with Crippen molar-refractivity contribution in [3.8, 4) is 11.5 Å². The van der Waals surface area contributed by atoms with Crippen LogP contribution in [0.4, 0.5) is 21.0 Å². The number of rotatable bonds is 23. The van der Waals surface area contributed by atoms with Gasteiger partial charge in [0, 0.05) is 18.2 Å². The highest BCUT2D eigenvalue weighted by Gasteiger charge is 2.48. The Bertz CT molecular complexity index is 2400. The molecule has 3 aromatic carbocycles. The molecule has 1 aliphatic rings. The third-order valence-electron chi connectivity index (χ3n) is 14.0. The number of esters is 1. The molecule has 74 heavy (non-hydrogen) atoms. The van der Waals surface area contributed by atoms with Gasteiger partial charge in [-0.25, -0.2) is 14.4 Å². The predicted molar refractivity (Wildman–Crippen MR) is 293 cm³/mol. The summed E-state index contributed by atoms with van der Waals surface area (Å²) in [5, 5.41) is 10.6. The van der Waals surface area contributed by atoms with Crippen molar-refractivity contribution in [1.29, 1.82) is 0 Å². The van der Waals surface area contributed by atoms with Crippen molar-refractivity contribution in [1.82, 2.24) is 15.5 Å². The summed E-state index contributed by atoms with van der Waals surface area (Å²) in [6.07, 6.45) is -0.541. The molecule has 17 nitrogen and oxygen atoms in total. The van der Waals surface area contributed by atoms with Crippen molar-refractivity contribution in [3.05, 3.63) is 96.1 Å². The molecule has 0 aliphatic carbocycles. The molecule has 0 radical (unpaired) electrons. The standard InChI is InChI=1S/C55H81N5O12Si2/c1-17-27-68-54(66)59-48(34(2)3)50(62)56-38(10)49(61)57-41-25-23-39(24-26-41)32-69-53(65)58-45-30-47(72-74(35(4)5,36(6)7)37(8)9)46(67-14)29-44(45)51(63)60-31-43(71-52(64)40-21-19-18-20-22-40)28-42(60)33-70-73(15,16)55(11,12)13/h17-26,29-30,34-38,42-43,48H,1,27-28,31-33H2,2-16H3,(H,56,62)(H,57,61)(H,58,65)(H,59,66)/t38-,42+,43+,48-/m1/s1. The lowest BCUT2D eigenvalue weighted by molar-refractivity contribution is -0.128. The van der Waals surface area contributed by atoms with E-state index in [2.05, 4.69) is 103 Å². The molecule has 5 amide bonds. The van der Waals surface area contributed by atoms with Crippen LogP contribution in [-0.2, 0) is 34.8 Å². The summed E-state index contributed by atoms with van der Waals surface area (Å²) in [4.78, 5) is 82.3. The SMILES string of the molecule is C=CCOC(=O)N[C@@H](C(=O)N[C@H](C)C(=O)Nc1ccc(COC(=O)Nc2cc(O[Si](C(C)C)(C(C)C)C(C)C)c(OC)cc2C(=O)N2C[C@@H](OC(=O)c3ccccc3)C[C@H]2CO[Si](C)(C)C(C)(C)C)cc1)C(C)C. The molecule has 1 aliphatic heterocycles. The molecule has 0 bridgehead atoms. The zero-order chi connectivity index (χ0) is 55.3. The topological polar surface area (TPSA) is 209 Å². The second-order valence-electron chi connectivity index (χ2n) is 21.7. The van der Waals surface area contributed by atoms with E-state index < -0.39 is 76.7 Å². The first-order valence-electron chi connectivity index (χ1n) is 25.5. The van der Waals surface area contributed by atoms with Crippen molar-refractivity contribution in [2.45, 2.75) is 155 Å². The number of anilines is 2. The number of nitrogens with zero attached hydrogens (tertiary/aromatic N) is 1. The van der Waals surface area contributed by atoms with E-state index in [4.69, 9.17) is 27.8 Å². The summed E-state index contributed by atoms with van der Waals surface area (Å²) in [5.41, 5.74) is 2.20. The van der Waals surface area contributed by atoms with Gasteiger partial charge in [0.15, 0.2) is 14.1 Å². The number of benzene rings is 3. The van der Waals surface area contributed by atoms with Crippen LogP contribution in [-0.4, -0.2) is 109 Å². The number of hydrogen-bond acceptors (Lipinski definition) is 12. The Morgan fingerprint density at radius 3 is 1.96 bits per heavy atom. The second-order valence-corrected chi connectivity index (χ2v) is 31.8. The first-order valence-corrected chi connectivity index (χ1v) is 30.5. The quantitative estimate of drug-likeness (QED) is 0.0303. The molecule has 406 valence electrons. The van der Waals surface area contributed by atoms with Gasteiger partial charge in [0.1, 0.15) is 37.2 Å². The molecular weight excluding hydrogens is 979 g/mol. The summed E-state index contributed by atoms with van der Waals surface area (Å²) >= 11 is 0. The highest BCUT2D eigenvalue weighted by atomic mass is 28.4. The predicted octanol–water partition coefficient (Wildman–Crippen LogP) is 10.8. The summed E-state index contributed by atoms with van der Waals surface area (Å²) < 4.78 is 36.5. The second kappa shape index (κ2) is 26.3. The fraction of sp³-hybridized carbons (Fsp3) is 0.527. The van der Waals surface area contributed by atoms with Crippen LogP contribution in [0.25, 0.3) is 0 Å². The molecule has 1 saturated heterocycles. The van der Waals surface area contributed by atoms with Gasteiger partial charge in [-0.2, -0.15) is 0 Å². The Hall–Kier alpha value is -6.19. The van der Waals surface area contributed by atoms with E-state index in [-0.39, 0.29) is 65.2 Å². The molecule has 4 atom stereocenters. The van der Waals surface area contributed by atoms with Crippen LogP contribution >= 0.6 is 0 Å². The van der Waals surface area contributed by atoms with Crippen molar-refractivity contribution in [2.75, 3.05) is 37.5 Å². The number of ether oxygens (including phenoxy) is 4. The monoisotopic (exact) mass is 1060 g/mol. The molecule has 0 unspecified atom stereocenters. The number of hydrogen-bond donors (Lipinski definition) is 4. The molecule has 3 aromatic rings. The zero-order valence-electron chi connectivity index (χ0n) is 46.1. The number of likely N-dealkylation sites (tertiary alicyclic amines) is 1. The van der Waals surface area contributed by atoms with Crippen LogP contribution < -0.4 is 30.4 Å². The number of carbonyl (C=O) groups is 6. The van der Waals surface area contributed by atoms with Crippen molar-refractivity contribution < 1.29 is 56.6 Å². The van der Waals surface area contributed by atoms with E-state index in [0.29, 0.717) is 34.7 Å². The number of nitrogens with one attached hydrogen (secondary N) is 4. The smallest absolute Gasteiger partial charge is 0.411 e. The maximum Gasteiger partial charge on any atom is 0.411 e. The van der Waals surface area contributed by atoms with Gasteiger partial charge in [0.05, 0.1) is 43.1 Å². The number of alkyl carbamates (subject to hydrolysis) is 1. The summed E-state index contributed by atoms with van der Waals surface area (Å²) in [5.74, 6) is -1.62. The highest BCUT2D eigenvalue weighted by Crippen LogP contribution is 2.46. The Labute approximate surface area is 440 Å². The summed E-state index contributed by atoms with van der Waals surface area (Å²) in [6, 6.07) is 16.1. The Morgan fingerprint density at radius 2 is 1.41 bits per heavy atom. The lowest BCUT2D eigenvalue weighted by atomic mass is 10.0. The summed E-state index contributed by atoms with van der Waals surface area (Å²) in [7, 11) is -3.40. The molecule has 0 aromatic heterocycles. The maximum absolute atomic E-state index is 15.2. The average Bonchev–Trinajstić information content (AvgIpc) is 3.74. The van der Waals surface area contributed by atoms with Crippen molar-refractivity contribution >= 4 is 63.9 Å². The fourth-order valence-electron chi connectivity index (χ4n) is 8.90. The largest absolute Gasteiger partial charge is 0.540 e. The summed E-state index contributed by atoms with van der Waals surface area (Å²) in [6.45, 7) is 32.3. The van der Waals surface area contributed by atoms with Gasteiger partial charge in [-0.15, -0.1) is 0 Å². The fourth-order valence-corrected chi connectivity index (χ4v) is 15.2. The van der Waals surface area contributed by atoms with E-state index in [0.717, 1.165) is 0 Å². The van der Waals surface area contributed by atoms with Crippen LogP contribution in [0.3, 0.4) is 0 Å². The minimum Gasteiger partial charge on any atom is -0.540 e. The molecule has 1 fully saturated rings. The van der Waals surface area contributed by atoms with Crippen LogP contribution in [0.2, 0.25) is 34.8 Å². The van der Waals surface area contributed by atoms with E-state index in [9.17, 15) is 24.0 Å². The molecule has 4 rings (SSSR count). The minimum atomic E-state index is -2.61. The maximum atomic E-state index is 15.2. The molecule has 0 spiro atoms. The van der Waals surface area contributed by atoms with E-state index in [1.807, 2.05) is 6.07 Å². The van der Waals surface area contributed by atoms with Gasteiger partial charge in [-0.3, -0.25) is 19.7 Å². The van der Waals surface area contributed by atoms with E-state index in [1.165, 1.54) is 20.1 Å². The van der Waals surface area contributed by atoms with Gasteiger partial charge < -0.3 is 48.6 Å². The molecule has 19 heteroatoms. The first-order chi connectivity index (χ1) is 34.6. The number of amides is 5. The Kier molecular flexibility index (Phi) is 21.5. The normalized spacial score (nSPS) is 15.8. The van der Waals surface area contributed by atoms with Gasteiger partial charge in [-0.1, -0.05) is 119 Å². The Morgan fingerprint density at radius 1 is 0.784 bits per heavy atom. The van der Waals surface area contributed by atoms with Crippen molar-refractivity contribution in [3.63, 3.8) is 0 Å². The highest BCUT2D eigenvalue weighted by molar-refractivity contribution is 6.78. The van der Waals surface area contributed by atoms with Gasteiger partial charge in [-0.05, 0) is 83.5 Å². The van der Waals surface area contributed by atoms with Crippen LogP contribution in [0, 0.1) is 5.92 Å². The average molecular weight is 1060 g/mol. The van der Waals surface area contributed by atoms with E-state index >= 15 is 4.79 Å². The lowest BCUT2D eigenvalue weighted by Gasteiger charge is -2.42. The molecule has 1 heterocycles. The van der Waals surface area contributed by atoms with Gasteiger partial charge in [0.25, 0.3) is 14.2 Å². The Balaban J connectivity index is 1.61. The van der Waals surface area contributed by atoms with Gasteiger partial charge in [0.2, 0.25) is 11.8 Å². The third-order valence-corrected chi connectivity index (χ3v) is 24.5. The molecule has 4 N–H and O–H groups in total. The first kappa shape index (κ1) is 60.4. The molecular formula is C55H81N5O12Si2. The zero-order valence-corrected chi connectivity index (χ0v) is 48.1. The van der Waals surface area contributed by atoms with Crippen molar-refractivity contribution in [2.24, 2.45) is 5.92 Å². The third kappa shape index (κ3) is 15.7. The van der Waals surface area contributed by atoms with Crippen LogP contribution in [0.5, 0.6) is 11.5 Å². The van der Waals surface area contributed by atoms with Gasteiger partial charge >= 0.3 is 18.2 Å². The number of carbonyl (C=O) groups excluding carboxylic acids is 6. The lowest BCUT2D eigenvalue weighted by Crippen LogP contribution is -2.53. The minimum absolute atomic E-state index is 0.0235.